The second-order valence-electron chi connectivity index (χ2n) is 8.84. The van der Waals surface area contributed by atoms with Gasteiger partial charge in [0.2, 0.25) is 0 Å². The quantitative estimate of drug-likeness (QED) is 0.101. The molecule has 200 valence electrons. The first-order chi connectivity index (χ1) is 19.2. The Labute approximate surface area is 229 Å². The van der Waals surface area contributed by atoms with Crippen molar-refractivity contribution in [3.8, 4) is 5.75 Å². The van der Waals surface area contributed by atoms with Crippen molar-refractivity contribution in [1.29, 1.82) is 0 Å². The van der Waals surface area contributed by atoms with E-state index in [0.29, 0.717) is 16.8 Å². The molecule has 4 aromatic carbocycles. The maximum atomic E-state index is 12.6. The van der Waals surface area contributed by atoms with Gasteiger partial charge in [0.1, 0.15) is 5.75 Å². The lowest BCUT2D eigenvalue weighted by Crippen LogP contribution is -2.18. The van der Waals surface area contributed by atoms with E-state index in [9.17, 15) is 24.5 Å². The van der Waals surface area contributed by atoms with E-state index < -0.39 is 16.8 Å². The third-order valence-electron chi connectivity index (χ3n) is 5.72. The van der Waals surface area contributed by atoms with E-state index in [1.807, 2.05) is 26.0 Å². The summed E-state index contributed by atoms with van der Waals surface area (Å²) in [4.78, 5) is 48.3. The molecule has 0 heterocycles. The molecule has 4 aromatic rings. The van der Waals surface area contributed by atoms with Gasteiger partial charge in [-0.15, -0.1) is 0 Å². The van der Waals surface area contributed by atoms with Gasteiger partial charge < -0.3 is 10.1 Å². The van der Waals surface area contributed by atoms with Gasteiger partial charge in [0.25, 0.3) is 17.5 Å². The Hall–Kier alpha value is -5.64. The number of carbonyl (C=O) groups is 3. The topological polar surface area (TPSA) is 140 Å². The summed E-state index contributed by atoms with van der Waals surface area (Å²) in [6.07, 6.45) is 1.15. The minimum Gasteiger partial charge on any atom is -0.422 e. The van der Waals surface area contributed by atoms with Crippen molar-refractivity contribution in [2.45, 2.75) is 13.8 Å². The summed E-state index contributed by atoms with van der Waals surface area (Å²) < 4.78 is 5.45. The first-order valence-electron chi connectivity index (χ1n) is 12.1. The molecule has 4 rings (SSSR count). The zero-order valence-corrected chi connectivity index (χ0v) is 21.6. The second-order valence-corrected chi connectivity index (χ2v) is 8.84. The monoisotopic (exact) mass is 536 g/mol. The number of benzene rings is 4. The van der Waals surface area contributed by atoms with E-state index in [-0.39, 0.29) is 28.5 Å². The standard InChI is InChI=1S/C30H24N4O6/c1-19-5-3-7-22(15-19)28(35)32-25-11-9-21(10-12-25)29(36)33-31-18-24-17-26(34(38)39)13-14-27(24)40-30(37)23-8-4-6-20(2)16-23/h3-18H,1-2H3,(H,32,35)(H,33,36)/b31-18+. The summed E-state index contributed by atoms with van der Waals surface area (Å²) in [6.45, 7) is 3.73. The van der Waals surface area contributed by atoms with Crippen molar-refractivity contribution in [2.75, 3.05) is 5.32 Å². The molecule has 0 radical (unpaired) electrons. The molecule has 0 aliphatic carbocycles. The van der Waals surface area contributed by atoms with Gasteiger partial charge in [-0.1, -0.05) is 35.4 Å². The number of non-ortho nitro benzene ring substituents is 1. The Morgan fingerprint density at radius 2 is 1.45 bits per heavy atom. The number of hydrazone groups is 1. The van der Waals surface area contributed by atoms with Crippen molar-refractivity contribution in [2.24, 2.45) is 5.10 Å². The lowest BCUT2D eigenvalue weighted by molar-refractivity contribution is -0.384. The molecule has 0 saturated heterocycles. The third-order valence-corrected chi connectivity index (χ3v) is 5.72. The van der Waals surface area contributed by atoms with Gasteiger partial charge in [0, 0.05) is 34.5 Å². The van der Waals surface area contributed by atoms with Crippen molar-refractivity contribution < 1.29 is 24.0 Å². The molecule has 40 heavy (non-hydrogen) atoms. The number of ether oxygens (including phenoxy) is 1. The minimum atomic E-state index is -0.647. The molecular formula is C30H24N4O6. The highest BCUT2D eigenvalue weighted by atomic mass is 16.6. The lowest BCUT2D eigenvalue weighted by atomic mass is 10.1. The van der Waals surface area contributed by atoms with Gasteiger partial charge in [-0.25, -0.2) is 10.2 Å². The summed E-state index contributed by atoms with van der Waals surface area (Å²) in [5.74, 6) is -1.45. The Bertz CT molecular complexity index is 1630. The molecule has 0 saturated carbocycles. The normalized spacial score (nSPS) is 10.7. The van der Waals surface area contributed by atoms with Gasteiger partial charge in [-0.2, -0.15) is 5.10 Å². The number of nitro groups is 1. The third kappa shape index (κ3) is 7.01. The molecule has 10 nitrogen and oxygen atoms in total. The number of aryl methyl sites for hydroxylation is 2. The number of amides is 2. The van der Waals surface area contributed by atoms with Crippen LogP contribution in [0.25, 0.3) is 0 Å². The van der Waals surface area contributed by atoms with Crippen LogP contribution in [0.4, 0.5) is 11.4 Å². The van der Waals surface area contributed by atoms with Gasteiger partial charge in [-0.3, -0.25) is 19.7 Å². The highest BCUT2D eigenvalue weighted by molar-refractivity contribution is 6.04. The maximum Gasteiger partial charge on any atom is 0.343 e. The van der Waals surface area contributed by atoms with E-state index in [2.05, 4.69) is 15.8 Å². The zero-order chi connectivity index (χ0) is 28.6. The molecule has 0 unspecified atom stereocenters. The Morgan fingerprint density at radius 1 is 0.800 bits per heavy atom. The van der Waals surface area contributed by atoms with Crippen LogP contribution >= 0.6 is 0 Å². The highest BCUT2D eigenvalue weighted by Gasteiger charge is 2.15. The van der Waals surface area contributed by atoms with Crippen LogP contribution in [-0.4, -0.2) is 28.9 Å². The average molecular weight is 537 g/mol. The number of nitrogens with zero attached hydrogens (tertiary/aromatic N) is 2. The van der Waals surface area contributed by atoms with Gasteiger partial charge in [-0.05, 0) is 68.4 Å². The summed E-state index contributed by atoms with van der Waals surface area (Å²) >= 11 is 0. The minimum absolute atomic E-state index is 0.0313. The fraction of sp³-hybridized carbons (Fsp3) is 0.0667. The van der Waals surface area contributed by atoms with Gasteiger partial charge >= 0.3 is 5.97 Å². The number of hydrogen-bond donors (Lipinski definition) is 2. The molecule has 0 aliphatic heterocycles. The van der Waals surface area contributed by atoms with E-state index in [4.69, 9.17) is 4.74 Å². The van der Waals surface area contributed by atoms with Crippen molar-refractivity contribution in [1.82, 2.24) is 5.43 Å². The summed E-state index contributed by atoms with van der Waals surface area (Å²) in [5, 5.41) is 17.9. The maximum absolute atomic E-state index is 12.6. The van der Waals surface area contributed by atoms with E-state index in [1.165, 1.54) is 30.3 Å². The van der Waals surface area contributed by atoms with Crippen molar-refractivity contribution in [3.63, 3.8) is 0 Å². The Kier molecular flexibility index (Phi) is 8.40. The van der Waals surface area contributed by atoms with Crippen LogP contribution in [0, 0.1) is 24.0 Å². The molecule has 10 heteroatoms. The molecule has 0 fully saturated rings. The predicted octanol–water partition coefficient (Wildman–Crippen LogP) is 5.45. The summed E-state index contributed by atoms with van der Waals surface area (Å²) in [7, 11) is 0. The fourth-order valence-corrected chi connectivity index (χ4v) is 3.69. The molecule has 0 atom stereocenters. The summed E-state index contributed by atoms with van der Waals surface area (Å²) in [6, 6.07) is 23.8. The second kappa shape index (κ2) is 12.3. The largest absolute Gasteiger partial charge is 0.422 e. The van der Waals surface area contributed by atoms with Crippen molar-refractivity contribution in [3.05, 3.63) is 134 Å². The van der Waals surface area contributed by atoms with Crippen LogP contribution in [0.5, 0.6) is 5.75 Å². The number of nitrogens with one attached hydrogen (secondary N) is 2. The smallest absolute Gasteiger partial charge is 0.343 e. The zero-order valence-electron chi connectivity index (χ0n) is 21.6. The van der Waals surface area contributed by atoms with E-state index in [0.717, 1.165) is 17.3 Å². The molecule has 0 spiro atoms. The number of nitro benzene ring substituents is 1. The van der Waals surface area contributed by atoms with Crippen LogP contribution < -0.4 is 15.5 Å². The van der Waals surface area contributed by atoms with Crippen molar-refractivity contribution >= 4 is 35.4 Å². The molecule has 0 aromatic heterocycles. The number of anilines is 1. The molecule has 0 bridgehead atoms. The number of carbonyl (C=O) groups excluding carboxylic acids is 3. The Morgan fingerprint density at radius 3 is 2.10 bits per heavy atom. The molecule has 2 amide bonds. The SMILES string of the molecule is Cc1cccc(C(=O)Nc2ccc(C(=O)N/N=C/c3cc([N+](=O)[O-])ccc3OC(=O)c3cccc(C)c3)cc2)c1. The van der Waals surface area contributed by atoms with Crippen LogP contribution in [0.1, 0.15) is 47.8 Å². The fourth-order valence-electron chi connectivity index (χ4n) is 3.69. The number of hydrogen-bond acceptors (Lipinski definition) is 7. The van der Waals surface area contributed by atoms with Gasteiger partial charge in [0.05, 0.1) is 16.7 Å². The molecular weight excluding hydrogens is 512 g/mol. The lowest BCUT2D eigenvalue weighted by Gasteiger charge is -2.08. The predicted molar refractivity (Wildman–Crippen MR) is 150 cm³/mol. The van der Waals surface area contributed by atoms with Crippen LogP contribution in [0.3, 0.4) is 0 Å². The van der Waals surface area contributed by atoms with E-state index in [1.54, 1.807) is 48.5 Å². The van der Waals surface area contributed by atoms with Crippen LogP contribution in [0.15, 0.2) is 96.1 Å². The highest BCUT2D eigenvalue weighted by Crippen LogP contribution is 2.24. The van der Waals surface area contributed by atoms with Crippen LogP contribution in [0.2, 0.25) is 0 Å². The first kappa shape index (κ1) is 27.4. The van der Waals surface area contributed by atoms with Crippen LogP contribution in [-0.2, 0) is 0 Å². The number of rotatable bonds is 8. The molecule has 0 aliphatic rings. The average Bonchev–Trinajstić information content (AvgIpc) is 2.94. The molecule has 2 N–H and O–H groups in total. The van der Waals surface area contributed by atoms with Gasteiger partial charge in [0.15, 0.2) is 0 Å². The first-order valence-corrected chi connectivity index (χ1v) is 12.1. The number of esters is 1. The Balaban J connectivity index is 1.43. The van der Waals surface area contributed by atoms with E-state index >= 15 is 0 Å². The summed E-state index contributed by atoms with van der Waals surface area (Å²) in [5.41, 5.74) is 5.63.